The SMILES string of the molecule is NC1CCC(CNC(=O)c2ccc3c(c2)CCO3)C1. The van der Waals surface area contributed by atoms with Gasteiger partial charge in [-0.15, -0.1) is 0 Å². The molecule has 3 rings (SSSR count). The normalized spacial score (nSPS) is 24.9. The lowest BCUT2D eigenvalue weighted by molar-refractivity contribution is 0.0947. The molecule has 1 aromatic carbocycles. The van der Waals surface area contributed by atoms with Gasteiger partial charge in [0.2, 0.25) is 0 Å². The van der Waals surface area contributed by atoms with E-state index in [1.54, 1.807) is 0 Å². The summed E-state index contributed by atoms with van der Waals surface area (Å²) in [6.07, 6.45) is 4.13. The monoisotopic (exact) mass is 260 g/mol. The summed E-state index contributed by atoms with van der Waals surface area (Å²) < 4.78 is 5.44. The second kappa shape index (κ2) is 5.21. The van der Waals surface area contributed by atoms with E-state index in [2.05, 4.69) is 5.32 Å². The summed E-state index contributed by atoms with van der Waals surface area (Å²) in [5.74, 6) is 1.46. The Morgan fingerprint density at radius 3 is 3.11 bits per heavy atom. The number of carbonyl (C=O) groups is 1. The second-order valence-corrected chi connectivity index (χ2v) is 5.57. The Hall–Kier alpha value is -1.55. The Morgan fingerprint density at radius 1 is 1.42 bits per heavy atom. The first-order chi connectivity index (χ1) is 9.22. The highest BCUT2D eigenvalue weighted by molar-refractivity contribution is 5.94. The highest BCUT2D eigenvalue weighted by Gasteiger charge is 2.22. The quantitative estimate of drug-likeness (QED) is 0.865. The maximum absolute atomic E-state index is 12.1. The van der Waals surface area contributed by atoms with Crippen LogP contribution in [0.1, 0.15) is 35.2 Å². The minimum atomic E-state index is 0.00942. The van der Waals surface area contributed by atoms with Crippen molar-refractivity contribution >= 4 is 5.91 Å². The molecule has 1 aromatic rings. The molecule has 0 saturated heterocycles. The largest absolute Gasteiger partial charge is 0.493 e. The molecule has 19 heavy (non-hydrogen) atoms. The van der Waals surface area contributed by atoms with Crippen LogP contribution in [0.2, 0.25) is 0 Å². The van der Waals surface area contributed by atoms with Crippen LogP contribution in [-0.2, 0) is 6.42 Å². The van der Waals surface area contributed by atoms with Crippen LogP contribution in [0.15, 0.2) is 18.2 Å². The number of carbonyl (C=O) groups excluding carboxylic acids is 1. The maximum atomic E-state index is 12.1. The van der Waals surface area contributed by atoms with Gasteiger partial charge in [-0.05, 0) is 48.9 Å². The Morgan fingerprint density at radius 2 is 2.32 bits per heavy atom. The molecule has 2 aliphatic rings. The minimum Gasteiger partial charge on any atom is -0.493 e. The van der Waals surface area contributed by atoms with Crippen LogP contribution < -0.4 is 15.8 Å². The van der Waals surface area contributed by atoms with Crippen molar-refractivity contribution in [3.63, 3.8) is 0 Å². The highest BCUT2D eigenvalue weighted by Crippen LogP contribution is 2.26. The topological polar surface area (TPSA) is 64.3 Å². The molecular formula is C15H20N2O2. The number of benzene rings is 1. The minimum absolute atomic E-state index is 0.00942. The number of amides is 1. The number of rotatable bonds is 3. The van der Waals surface area contributed by atoms with E-state index >= 15 is 0 Å². The molecule has 4 nitrogen and oxygen atoms in total. The average molecular weight is 260 g/mol. The molecule has 1 amide bonds. The van der Waals surface area contributed by atoms with Crippen molar-refractivity contribution in [1.29, 1.82) is 0 Å². The van der Waals surface area contributed by atoms with E-state index in [-0.39, 0.29) is 5.91 Å². The van der Waals surface area contributed by atoms with E-state index < -0.39 is 0 Å². The number of nitrogens with one attached hydrogen (secondary N) is 1. The summed E-state index contributed by atoms with van der Waals surface area (Å²) in [4.78, 5) is 12.1. The number of ether oxygens (including phenoxy) is 1. The number of nitrogens with two attached hydrogens (primary N) is 1. The van der Waals surface area contributed by atoms with Crippen molar-refractivity contribution in [2.24, 2.45) is 11.7 Å². The fourth-order valence-electron chi connectivity index (χ4n) is 2.97. The Bertz CT molecular complexity index is 487. The number of hydrogen-bond acceptors (Lipinski definition) is 3. The summed E-state index contributed by atoms with van der Waals surface area (Å²) in [6.45, 7) is 1.46. The maximum Gasteiger partial charge on any atom is 0.251 e. The molecule has 1 heterocycles. The predicted octanol–water partition coefficient (Wildman–Crippen LogP) is 1.48. The van der Waals surface area contributed by atoms with Crippen molar-refractivity contribution < 1.29 is 9.53 Å². The lowest BCUT2D eigenvalue weighted by Crippen LogP contribution is -2.29. The molecule has 0 radical (unpaired) electrons. The molecule has 0 spiro atoms. The van der Waals surface area contributed by atoms with Crippen molar-refractivity contribution in [1.82, 2.24) is 5.32 Å². The van der Waals surface area contributed by atoms with Gasteiger partial charge in [0.1, 0.15) is 5.75 Å². The van der Waals surface area contributed by atoms with Crippen LogP contribution in [0.25, 0.3) is 0 Å². The number of hydrogen-bond donors (Lipinski definition) is 2. The molecule has 1 aliphatic carbocycles. The van der Waals surface area contributed by atoms with E-state index in [1.807, 2.05) is 18.2 Å². The predicted molar refractivity (Wildman–Crippen MR) is 73.3 cm³/mol. The van der Waals surface area contributed by atoms with Crippen LogP contribution in [0.3, 0.4) is 0 Å². The third-order valence-corrected chi connectivity index (χ3v) is 4.08. The van der Waals surface area contributed by atoms with Gasteiger partial charge >= 0.3 is 0 Å². The Kier molecular flexibility index (Phi) is 3.42. The van der Waals surface area contributed by atoms with E-state index in [9.17, 15) is 4.79 Å². The van der Waals surface area contributed by atoms with Gasteiger partial charge in [-0.3, -0.25) is 4.79 Å². The fraction of sp³-hybridized carbons (Fsp3) is 0.533. The van der Waals surface area contributed by atoms with Crippen molar-refractivity contribution in [3.05, 3.63) is 29.3 Å². The Labute approximate surface area is 113 Å². The highest BCUT2D eigenvalue weighted by atomic mass is 16.5. The molecule has 4 heteroatoms. The molecular weight excluding hydrogens is 240 g/mol. The summed E-state index contributed by atoms with van der Waals surface area (Å²) in [5, 5.41) is 3.02. The van der Waals surface area contributed by atoms with E-state index in [1.165, 1.54) is 0 Å². The van der Waals surface area contributed by atoms with Crippen molar-refractivity contribution in [2.45, 2.75) is 31.7 Å². The molecule has 1 saturated carbocycles. The van der Waals surface area contributed by atoms with Crippen LogP contribution in [0.4, 0.5) is 0 Å². The first-order valence-electron chi connectivity index (χ1n) is 7.02. The summed E-state index contributed by atoms with van der Waals surface area (Å²) in [5.41, 5.74) is 7.74. The first-order valence-corrected chi connectivity index (χ1v) is 7.02. The standard InChI is InChI=1S/C15H20N2O2/c16-13-3-1-10(7-13)9-17-15(18)12-2-4-14-11(8-12)5-6-19-14/h2,4,8,10,13H,1,3,5-7,9,16H2,(H,17,18). The van der Waals surface area contributed by atoms with Gasteiger partial charge in [0, 0.05) is 24.6 Å². The van der Waals surface area contributed by atoms with Gasteiger partial charge in [0.15, 0.2) is 0 Å². The van der Waals surface area contributed by atoms with Crippen LogP contribution in [0.5, 0.6) is 5.75 Å². The molecule has 3 N–H and O–H groups in total. The zero-order valence-corrected chi connectivity index (χ0v) is 11.0. The Balaban J connectivity index is 1.58. The second-order valence-electron chi connectivity index (χ2n) is 5.57. The zero-order valence-electron chi connectivity index (χ0n) is 11.0. The molecule has 1 fully saturated rings. The summed E-state index contributed by atoms with van der Waals surface area (Å²) in [6, 6.07) is 5.99. The smallest absolute Gasteiger partial charge is 0.251 e. The summed E-state index contributed by atoms with van der Waals surface area (Å²) in [7, 11) is 0. The summed E-state index contributed by atoms with van der Waals surface area (Å²) >= 11 is 0. The van der Waals surface area contributed by atoms with Crippen LogP contribution >= 0.6 is 0 Å². The van der Waals surface area contributed by atoms with E-state index in [0.29, 0.717) is 12.0 Å². The van der Waals surface area contributed by atoms with Crippen molar-refractivity contribution in [3.8, 4) is 5.75 Å². The van der Waals surface area contributed by atoms with E-state index in [0.717, 1.165) is 55.7 Å². The van der Waals surface area contributed by atoms with Crippen LogP contribution in [0, 0.1) is 5.92 Å². The van der Waals surface area contributed by atoms with Crippen molar-refractivity contribution in [2.75, 3.05) is 13.2 Å². The lowest BCUT2D eigenvalue weighted by atomic mass is 10.1. The van der Waals surface area contributed by atoms with Gasteiger partial charge in [-0.2, -0.15) is 0 Å². The lowest BCUT2D eigenvalue weighted by Gasteiger charge is -2.11. The molecule has 2 unspecified atom stereocenters. The van der Waals surface area contributed by atoms with Crippen LogP contribution in [-0.4, -0.2) is 25.1 Å². The first kappa shape index (κ1) is 12.5. The van der Waals surface area contributed by atoms with Gasteiger partial charge in [0.25, 0.3) is 5.91 Å². The number of fused-ring (bicyclic) bond motifs is 1. The molecule has 0 bridgehead atoms. The average Bonchev–Trinajstić information content (AvgIpc) is 3.03. The van der Waals surface area contributed by atoms with E-state index in [4.69, 9.17) is 10.5 Å². The zero-order chi connectivity index (χ0) is 13.2. The van der Waals surface area contributed by atoms with Gasteiger partial charge in [-0.25, -0.2) is 0 Å². The third kappa shape index (κ3) is 2.73. The molecule has 102 valence electrons. The fourth-order valence-corrected chi connectivity index (χ4v) is 2.97. The van der Waals surface area contributed by atoms with Gasteiger partial charge in [-0.1, -0.05) is 0 Å². The van der Waals surface area contributed by atoms with Gasteiger partial charge in [0.05, 0.1) is 6.61 Å². The molecule has 0 aromatic heterocycles. The third-order valence-electron chi connectivity index (χ3n) is 4.08. The van der Waals surface area contributed by atoms with Gasteiger partial charge < -0.3 is 15.8 Å². The molecule has 1 aliphatic heterocycles. The molecule has 2 atom stereocenters.